The molecule has 10 heteroatoms. The first-order valence-corrected chi connectivity index (χ1v) is 14.6. The molecule has 0 spiro atoms. The minimum absolute atomic E-state index is 0.0261. The van der Waals surface area contributed by atoms with E-state index in [4.69, 9.17) is 15.3 Å². The Kier molecular flexibility index (Phi) is 23.6. The summed E-state index contributed by atoms with van der Waals surface area (Å²) in [5.41, 5.74) is 0. The molecule has 0 bridgehead atoms. The number of rotatable bonds is 28. The van der Waals surface area contributed by atoms with Gasteiger partial charge in [0.15, 0.2) is 0 Å². The first kappa shape index (κ1) is 35.8. The van der Waals surface area contributed by atoms with Crippen molar-refractivity contribution in [3.05, 3.63) is 0 Å². The van der Waals surface area contributed by atoms with Gasteiger partial charge in [-0.25, -0.2) is 0 Å². The van der Waals surface area contributed by atoms with Gasteiger partial charge in [-0.15, -0.1) is 0 Å². The number of carbonyl (C=O) groups is 4. The third-order valence-electron chi connectivity index (χ3n) is 6.53. The molecule has 10 nitrogen and oxygen atoms in total. The molecule has 222 valence electrons. The number of hydrogen-bond acceptors (Lipinski definition) is 6. The zero-order valence-electron chi connectivity index (χ0n) is 23.6. The predicted octanol–water partition coefficient (Wildman–Crippen LogP) is 4.22. The van der Waals surface area contributed by atoms with Crippen LogP contribution in [0.3, 0.4) is 0 Å². The summed E-state index contributed by atoms with van der Waals surface area (Å²) in [5.74, 6) is -3.76. The Balaban J connectivity index is 3.85. The molecular formula is C28H53N3O7. The van der Waals surface area contributed by atoms with Crippen molar-refractivity contribution in [1.82, 2.24) is 15.1 Å². The quantitative estimate of drug-likeness (QED) is 0.106. The molecule has 0 aliphatic carbocycles. The smallest absolute Gasteiger partial charge is 0.317 e. The lowest BCUT2D eigenvalue weighted by atomic mass is 10.0. The fraction of sp³-hybridized carbons (Fsp3) is 0.857. The fourth-order valence-electron chi connectivity index (χ4n) is 4.44. The zero-order valence-corrected chi connectivity index (χ0v) is 23.6. The lowest BCUT2D eigenvalue weighted by Crippen LogP contribution is -2.45. The molecule has 0 saturated carbocycles. The molecule has 0 fully saturated rings. The van der Waals surface area contributed by atoms with Crippen LogP contribution in [-0.2, 0) is 19.2 Å². The van der Waals surface area contributed by atoms with Crippen molar-refractivity contribution in [2.75, 3.05) is 45.8 Å². The Morgan fingerprint density at radius 1 is 0.500 bits per heavy atom. The van der Waals surface area contributed by atoms with Gasteiger partial charge < -0.3 is 20.6 Å². The summed E-state index contributed by atoms with van der Waals surface area (Å²) >= 11 is 0. The van der Waals surface area contributed by atoms with E-state index in [2.05, 4.69) is 12.2 Å². The van der Waals surface area contributed by atoms with Gasteiger partial charge in [0.2, 0.25) is 5.91 Å². The lowest BCUT2D eigenvalue weighted by molar-refractivity contribution is -0.143. The molecule has 0 rings (SSSR count). The number of carboxylic acids is 3. The maximum absolute atomic E-state index is 12.2. The van der Waals surface area contributed by atoms with Gasteiger partial charge in [0, 0.05) is 19.6 Å². The maximum Gasteiger partial charge on any atom is 0.317 e. The minimum atomic E-state index is -1.17. The molecule has 0 aliphatic heterocycles. The number of carboxylic acid groups (broad SMARTS) is 3. The first-order valence-electron chi connectivity index (χ1n) is 14.6. The predicted molar refractivity (Wildman–Crippen MR) is 148 cm³/mol. The Morgan fingerprint density at radius 2 is 0.816 bits per heavy atom. The van der Waals surface area contributed by atoms with E-state index in [-0.39, 0.29) is 32.1 Å². The highest BCUT2D eigenvalue weighted by atomic mass is 16.4. The third-order valence-corrected chi connectivity index (χ3v) is 6.53. The van der Waals surface area contributed by atoms with Crippen molar-refractivity contribution in [2.45, 2.75) is 110 Å². The van der Waals surface area contributed by atoms with Gasteiger partial charge >= 0.3 is 17.9 Å². The van der Waals surface area contributed by atoms with Crippen molar-refractivity contribution >= 4 is 23.8 Å². The number of aliphatic carboxylic acids is 3. The largest absolute Gasteiger partial charge is 0.480 e. The normalized spacial score (nSPS) is 11.2. The van der Waals surface area contributed by atoms with Crippen molar-refractivity contribution in [2.24, 2.45) is 0 Å². The van der Waals surface area contributed by atoms with Crippen LogP contribution < -0.4 is 5.32 Å². The van der Waals surface area contributed by atoms with Crippen LogP contribution in [0.15, 0.2) is 0 Å². The molecule has 0 aliphatic rings. The second kappa shape index (κ2) is 25.1. The number of unbranched alkanes of at least 4 members (excludes halogenated alkanes) is 15. The Bertz CT molecular complexity index is 630. The van der Waals surface area contributed by atoms with E-state index in [1.165, 1.54) is 93.3 Å². The molecule has 0 heterocycles. The highest BCUT2D eigenvalue weighted by molar-refractivity contribution is 5.79. The molecule has 0 unspecified atom stereocenters. The van der Waals surface area contributed by atoms with E-state index in [0.29, 0.717) is 6.54 Å². The Hall–Kier alpha value is -2.20. The van der Waals surface area contributed by atoms with Crippen LogP contribution in [0.4, 0.5) is 0 Å². The van der Waals surface area contributed by atoms with Gasteiger partial charge in [0.1, 0.15) is 0 Å². The van der Waals surface area contributed by atoms with Gasteiger partial charge in [0.25, 0.3) is 0 Å². The summed E-state index contributed by atoms with van der Waals surface area (Å²) < 4.78 is 0. The van der Waals surface area contributed by atoms with Crippen LogP contribution in [0.2, 0.25) is 0 Å². The average Bonchev–Trinajstić information content (AvgIpc) is 2.83. The lowest BCUT2D eigenvalue weighted by Gasteiger charge is -2.24. The SMILES string of the molecule is CCCCCCCCCCCCCCCCCCNC(=O)CN(CCN(CC(=O)O)CC(=O)O)CC(=O)O. The summed E-state index contributed by atoms with van der Waals surface area (Å²) in [4.78, 5) is 47.8. The molecule has 1 amide bonds. The molecule has 0 aromatic heterocycles. The van der Waals surface area contributed by atoms with Crippen LogP contribution in [-0.4, -0.2) is 94.7 Å². The van der Waals surface area contributed by atoms with Crippen molar-refractivity contribution in [3.8, 4) is 0 Å². The summed E-state index contributed by atoms with van der Waals surface area (Å²) in [5, 5.41) is 29.8. The molecule has 0 aromatic carbocycles. The van der Waals surface area contributed by atoms with E-state index >= 15 is 0 Å². The summed E-state index contributed by atoms with van der Waals surface area (Å²) in [6.07, 6.45) is 20.5. The number of nitrogens with zero attached hydrogens (tertiary/aromatic N) is 2. The maximum atomic E-state index is 12.2. The third kappa shape index (κ3) is 25.4. The van der Waals surface area contributed by atoms with Crippen LogP contribution >= 0.6 is 0 Å². The zero-order chi connectivity index (χ0) is 28.4. The topological polar surface area (TPSA) is 147 Å². The fourth-order valence-corrected chi connectivity index (χ4v) is 4.44. The molecular weight excluding hydrogens is 490 g/mol. The van der Waals surface area contributed by atoms with E-state index in [1.54, 1.807) is 0 Å². The van der Waals surface area contributed by atoms with Gasteiger partial charge in [-0.3, -0.25) is 29.0 Å². The van der Waals surface area contributed by atoms with Crippen molar-refractivity contribution in [3.63, 3.8) is 0 Å². The number of hydrogen-bond donors (Lipinski definition) is 4. The molecule has 0 radical (unpaired) electrons. The van der Waals surface area contributed by atoms with Crippen LogP contribution in [0.25, 0.3) is 0 Å². The van der Waals surface area contributed by atoms with Crippen molar-refractivity contribution < 1.29 is 34.5 Å². The van der Waals surface area contributed by atoms with E-state index in [9.17, 15) is 19.2 Å². The minimum Gasteiger partial charge on any atom is -0.480 e. The van der Waals surface area contributed by atoms with Gasteiger partial charge in [-0.2, -0.15) is 0 Å². The van der Waals surface area contributed by atoms with Crippen LogP contribution in [0, 0.1) is 0 Å². The molecule has 4 N–H and O–H groups in total. The summed E-state index contributed by atoms with van der Waals surface area (Å²) in [7, 11) is 0. The second-order valence-corrected chi connectivity index (χ2v) is 10.3. The van der Waals surface area contributed by atoms with Crippen LogP contribution in [0.5, 0.6) is 0 Å². The summed E-state index contributed by atoms with van der Waals surface area (Å²) in [6, 6.07) is 0. The molecule has 0 atom stereocenters. The van der Waals surface area contributed by atoms with Crippen molar-refractivity contribution in [1.29, 1.82) is 0 Å². The van der Waals surface area contributed by atoms with E-state index in [1.807, 2.05) is 0 Å². The highest BCUT2D eigenvalue weighted by Gasteiger charge is 2.18. The number of carbonyl (C=O) groups excluding carboxylic acids is 1. The average molecular weight is 544 g/mol. The molecule has 0 aromatic rings. The van der Waals surface area contributed by atoms with Gasteiger partial charge in [-0.05, 0) is 6.42 Å². The van der Waals surface area contributed by atoms with Crippen LogP contribution in [0.1, 0.15) is 110 Å². The Morgan fingerprint density at radius 3 is 1.16 bits per heavy atom. The number of nitrogens with one attached hydrogen (secondary N) is 1. The second-order valence-electron chi connectivity index (χ2n) is 10.3. The Labute approximate surface area is 229 Å². The highest BCUT2D eigenvalue weighted by Crippen LogP contribution is 2.13. The summed E-state index contributed by atoms with van der Waals surface area (Å²) in [6.45, 7) is 1.40. The van der Waals surface area contributed by atoms with Gasteiger partial charge in [-0.1, -0.05) is 103 Å². The molecule has 0 saturated heterocycles. The van der Waals surface area contributed by atoms with E-state index < -0.39 is 31.0 Å². The number of amides is 1. The monoisotopic (exact) mass is 543 g/mol. The molecule has 38 heavy (non-hydrogen) atoms. The standard InChI is InChI=1S/C28H53N3O7/c1-2-3-4-5-6-7-8-9-10-11-12-13-14-15-16-17-18-29-25(32)21-30(22-26(33)34)19-20-31(23-27(35)36)24-28(37)38/h2-24H2,1H3,(H,29,32)(H,33,34)(H,35,36)(H,37,38). The van der Waals surface area contributed by atoms with Gasteiger partial charge in [0.05, 0.1) is 26.2 Å². The van der Waals surface area contributed by atoms with E-state index in [0.717, 1.165) is 19.3 Å². The first-order chi connectivity index (χ1) is 18.2.